The molecule has 5 heteroatoms. The summed E-state index contributed by atoms with van der Waals surface area (Å²) >= 11 is 1.67. The summed E-state index contributed by atoms with van der Waals surface area (Å²) in [5.41, 5.74) is 6.67. The minimum atomic E-state index is -0.178. The third-order valence-electron chi connectivity index (χ3n) is 4.15. The molecule has 1 aliphatic carbocycles. The van der Waals surface area contributed by atoms with Gasteiger partial charge in [-0.15, -0.1) is 11.8 Å². The van der Waals surface area contributed by atoms with Gasteiger partial charge in [-0.05, 0) is 36.8 Å². The lowest BCUT2D eigenvalue weighted by Gasteiger charge is -2.30. The molecule has 0 heterocycles. The van der Waals surface area contributed by atoms with Crippen LogP contribution in [0.1, 0.15) is 31.2 Å². The third-order valence-corrected chi connectivity index (χ3v) is 4.92. The van der Waals surface area contributed by atoms with Crippen LogP contribution >= 0.6 is 11.8 Å². The average molecular weight is 308 g/mol. The van der Waals surface area contributed by atoms with Gasteiger partial charge >= 0.3 is 0 Å². The molecule has 1 fully saturated rings. The molecular formula is C16H24N2O2S. The van der Waals surface area contributed by atoms with Gasteiger partial charge in [-0.1, -0.05) is 18.9 Å². The first-order chi connectivity index (χ1) is 10.2. The van der Waals surface area contributed by atoms with Gasteiger partial charge in [0.05, 0.1) is 13.0 Å². The van der Waals surface area contributed by atoms with E-state index in [1.54, 1.807) is 18.9 Å². The van der Waals surface area contributed by atoms with E-state index in [2.05, 4.69) is 23.5 Å². The van der Waals surface area contributed by atoms with Crippen LogP contribution in [0.25, 0.3) is 0 Å². The topological polar surface area (TPSA) is 64.3 Å². The van der Waals surface area contributed by atoms with Crippen LogP contribution in [0.5, 0.6) is 5.75 Å². The maximum Gasteiger partial charge on any atom is 0.222 e. The van der Waals surface area contributed by atoms with E-state index in [1.807, 2.05) is 6.26 Å². The Morgan fingerprint density at radius 1 is 1.43 bits per heavy atom. The Morgan fingerprint density at radius 2 is 2.19 bits per heavy atom. The molecule has 2 rings (SSSR count). The van der Waals surface area contributed by atoms with E-state index in [9.17, 15) is 4.79 Å². The van der Waals surface area contributed by atoms with Crippen molar-refractivity contribution in [2.24, 2.45) is 11.7 Å². The number of nitrogens with one attached hydrogen (secondary N) is 1. The van der Waals surface area contributed by atoms with Crippen molar-refractivity contribution >= 4 is 17.7 Å². The van der Waals surface area contributed by atoms with E-state index >= 15 is 0 Å². The predicted molar refractivity (Wildman–Crippen MR) is 86.6 cm³/mol. The van der Waals surface area contributed by atoms with Gasteiger partial charge < -0.3 is 15.8 Å². The second kappa shape index (κ2) is 7.71. The maximum atomic E-state index is 11.5. The standard InChI is InChI=1S/C16H24N2O2S/c1-20-14-9-11(7-8-15(14)21-2)10-18-13-6-4-3-5-12(13)16(17)19/h7-9,12-13,18H,3-6,10H2,1-2H3,(H2,17,19)/t12-,13+/m1/s1. The fourth-order valence-electron chi connectivity index (χ4n) is 2.96. The number of benzene rings is 1. The van der Waals surface area contributed by atoms with E-state index in [0.717, 1.165) is 42.9 Å². The maximum absolute atomic E-state index is 11.5. The molecule has 0 aliphatic heterocycles. The van der Waals surface area contributed by atoms with Gasteiger partial charge in [0.15, 0.2) is 0 Å². The van der Waals surface area contributed by atoms with E-state index < -0.39 is 0 Å². The first-order valence-corrected chi connectivity index (χ1v) is 8.61. The average Bonchev–Trinajstić information content (AvgIpc) is 2.52. The normalized spacial score (nSPS) is 22.0. The first-order valence-electron chi connectivity index (χ1n) is 7.39. The number of hydrogen-bond donors (Lipinski definition) is 2. The molecule has 0 bridgehead atoms. The van der Waals surface area contributed by atoms with E-state index in [4.69, 9.17) is 10.5 Å². The Kier molecular flexibility index (Phi) is 5.94. The van der Waals surface area contributed by atoms with E-state index in [-0.39, 0.29) is 17.9 Å². The van der Waals surface area contributed by atoms with Crippen LogP contribution in [-0.4, -0.2) is 25.3 Å². The van der Waals surface area contributed by atoms with Gasteiger partial charge in [-0.25, -0.2) is 0 Å². The number of thioether (sulfide) groups is 1. The molecule has 0 saturated heterocycles. The Labute approximate surface area is 130 Å². The van der Waals surface area contributed by atoms with E-state index in [0.29, 0.717) is 0 Å². The number of amides is 1. The Morgan fingerprint density at radius 3 is 2.86 bits per heavy atom. The fraction of sp³-hybridized carbons (Fsp3) is 0.562. The summed E-state index contributed by atoms with van der Waals surface area (Å²) in [4.78, 5) is 12.7. The summed E-state index contributed by atoms with van der Waals surface area (Å²) in [7, 11) is 1.69. The minimum Gasteiger partial charge on any atom is -0.496 e. The molecule has 2 atom stereocenters. The van der Waals surface area contributed by atoms with Crippen molar-refractivity contribution in [2.45, 2.75) is 43.2 Å². The molecule has 1 aromatic rings. The van der Waals surface area contributed by atoms with Gasteiger partial charge in [-0.3, -0.25) is 4.79 Å². The highest BCUT2D eigenvalue weighted by Crippen LogP contribution is 2.29. The quantitative estimate of drug-likeness (QED) is 0.793. The van der Waals surface area contributed by atoms with Crippen LogP contribution in [0, 0.1) is 5.92 Å². The molecule has 0 aromatic heterocycles. The molecule has 1 aromatic carbocycles. The van der Waals surface area contributed by atoms with Crippen LogP contribution in [0.3, 0.4) is 0 Å². The van der Waals surface area contributed by atoms with Crippen molar-refractivity contribution in [1.82, 2.24) is 5.32 Å². The van der Waals surface area contributed by atoms with Crippen molar-refractivity contribution < 1.29 is 9.53 Å². The Bertz CT molecular complexity index is 493. The number of nitrogens with two attached hydrogens (primary N) is 1. The second-order valence-electron chi connectivity index (χ2n) is 5.47. The van der Waals surface area contributed by atoms with Crippen molar-refractivity contribution in [3.05, 3.63) is 23.8 Å². The van der Waals surface area contributed by atoms with Crippen LogP contribution in [0.4, 0.5) is 0 Å². The smallest absolute Gasteiger partial charge is 0.222 e. The summed E-state index contributed by atoms with van der Waals surface area (Å²) in [6.07, 6.45) is 6.23. The third kappa shape index (κ3) is 4.14. The molecule has 0 radical (unpaired) electrons. The first kappa shape index (κ1) is 16.2. The highest BCUT2D eigenvalue weighted by Gasteiger charge is 2.28. The van der Waals surface area contributed by atoms with E-state index in [1.165, 1.54) is 5.56 Å². The summed E-state index contributed by atoms with van der Waals surface area (Å²) in [5, 5.41) is 3.49. The van der Waals surface area contributed by atoms with Gasteiger partial charge in [0.2, 0.25) is 5.91 Å². The lowest BCUT2D eigenvalue weighted by molar-refractivity contribution is -0.123. The lowest BCUT2D eigenvalue weighted by Crippen LogP contribution is -2.44. The number of rotatable bonds is 6. The monoisotopic (exact) mass is 308 g/mol. The number of carbonyl (C=O) groups is 1. The SMILES string of the molecule is COc1cc(CN[C@H]2CCCC[C@H]2C(N)=O)ccc1SC. The van der Waals surface area contributed by atoms with Gasteiger partial charge in [-0.2, -0.15) is 0 Å². The predicted octanol–water partition coefficient (Wildman–Crippen LogP) is 2.55. The summed E-state index contributed by atoms with van der Waals surface area (Å²) in [6.45, 7) is 0.736. The zero-order valence-corrected chi connectivity index (χ0v) is 13.5. The molecule has 0 unspecified atom stereocenters. The molecule has 3 N–H and O–H groups in total. The second-order valence-corrected chi connectivity index (χ2v) is 6.32. The van der Waals surface area contributed by atoms with Crippen molar-refractivity contribution in [3.63, 3.8) is 0 Å². The number of primary amides is 1. The molecule has 21 heavy (non-hydrogen) atoms. The molecule has 1 amide bonds. The molecule has 116 valence electrons. The number of methoxy groups -OCH3 is 1. The van der Waals surface area contributed by atoms with Crippen LogP contribution in [0.2, 0.25) is 0 Å². The summed E-state index contributed by atoms with van der Waals surface area (Å²) in [6, 6.07) is 6.43. The van der Waals surface area contributed by atoms with Crippen molar-refractivity contribution in [2.75, 3.05) is 13.4 Å². The van der Waals surface area contributed by atoms with Gasteiger partial charge in [0, 0.05) is 17.5 Å². The van der Waals surface area contributed by atoms with Gasteiger partial charge in [0.25, 0.3) is 0 Å². The molecular weight excluding hydrogens is 284 g/mol. The summed E-state index contributed by atoms with van der Waals surface area (Å²) in [5.74, 6) is 0.686. The number of ether oxygens (including phenoxy) is 1. The molecule has 0 spiro atoms. The largest absolute Gasteiger partial charge is 0.496 e. The zero-order chi connectivity index (χ0) is 15.2. The summed E-state index contributed by atoms with van der Waals surface area (Å²) < 4.78 is 5.41. The van der Waals surface area contributed by atoms with Crippen LogP contribution in [0.15, 0.2) is 23.1 Å². The molecule has 4 nitrogen and oxygen atoms in total. The number of hydrogen-bond acceptors (Lipinski definition) is 4. The minimum absolute atomic E-state index is 0.0360. The zero-order valence-electron chi connectivity index (χ0n) is 12.7. The highest BCUT2D eigenvalue weighted by molar-refractivity contribution is 7.98. The van der Waals surface area contributed by atoms with Crippen molar-refractivity contribution in [1.29, 1.82) is 0 Å². The lowest BCUT2D eigenvalue weighted by atomic mass is 9.84. The van der Waals surface area contributed by atoms with Crippen molar-refractivity contribution in [3.8, 4) is 5.75 Å². The highest BCUT2D eigenvalue weighted by atomic mass is 32.2. The molecule has 1 saturated carbocycles. The Balaban J connectivity index is 2.00. The van der Waals surface area contributed by atoms with Crippen LogP contribution < -0.4 is 15.8 Å². The van der Waals surface area contributed by atoms with Gasteiger partial charge in [0.1, 0.15) is 5.75 Å². The Hall–Kier alpha value is -1.20. The molecule has 1 aliphatic rings. The number of carbonyl (C=O) groups excluding carboxylic acids is 1. The fourth-order valence-corrected chi connectivity index (χ4v) is 3.50. The van der Waals surface area contributed by atoms with Crippen LogP contribution in [-0.2, 0) is 11.3 Å².